The molecule has 4 rings (SSSR count). The minimum atomic E-state index is -2.91. The van der Waals surface area contributed by atoms with Gasteiger partial charge < -0.3 is 10.1 Å². The summed E-state index contributed by atoms with van der Waals surface area (Å²) in [4.78, 5) is 17.0. The van der Waals surface area contributed by atoms with Crippen molar-refractivity contribution in [3.63, 3.8) is 0 Å². The first-order chi connectivity index (χ1) is 14.3. The standard InChI is InChI=1S/C20H18F2N6O2/c1-11-8-13(30-20(21)22)4-5-15(11)25-19(29)16-9-18-23-7-6-17(28(18)26-16)14-10-24-27(3)12(14)2/h4-10,20H,1-3H3,(H,25,29). The molecule has 1 amide bonds. The number of benzene rings is 1. The summed E-state index contributed by atoms with van der Waals surface area (Å²) in [7, 11) is 1.85. The molecule has 0 fully saturated rings. The summed E-state index contributed by atoms with van der Waals surface area (Å²) in [5.74, 6) is -0.422. The lowest BCUT2D eigenvalue weighted by Gasteiger charge is -2.10. The molecule has 4 aromatic rings. The smallest absolute Gasteiger partial charge is 0.387 e. The molecule has 0 aliphatic carbocycles. The van der Waals surface area contributed by atoms with Crippen molar-refractivity contribution in [2.75, 3.05) is 5.32 Å². The number of rotatable bonds is 5. The zero-order valence-corrected chi connectivity index (χ0v) is 16.4. The Morgan fingerprint density at radius 2 is 2.00 bits per heavy atom. The maximum Gasteiger partial charge on any atom is 0.387 e. The summed E-state index contributed by atoms with van der Waals surface area (Å²) < 4.78 is 32.4. The molecule has 10 heteroatoms. The second-order valence-electron chi connectivity index (χ2n) is 6.71. The van der Waals surface area contributed by atoms with Gasteiger partial charge in [0.05, 0.1) is 11.9 Å². The molecule has 30 heavy (non-hydrogen) atoms. The van der Waals surface area contributed by atoms with Crippen LogP contribution in [-0.2, 0) is 7.05 Å². The molecule has 3 heterocycles. The number of hydrogen-bond donors (Lipinski definition) is 1. The number of carbonyl (C=O) groups is 1. The van der Waals surface area contributed by atoms with Crippen LogP contribution in [0.25, 0.3) is 16.9 Å². The highest BCUT2D eigenvalue weighted by Gasteiger charge is 2.17. The Balaban J connectivity index is 1.63. The average Bonchev–Trinajstić information content (AvgIpc) is 3.27. The second-order valence-corrected chi connectivity index (χ2v) is 6.71. The maximum atomic E-state index is 12.7. The molecule has 0 saturated carbocycles. The van der Waals surface area contributed by atoms with Crippen molar-refractivity contribution in [2.45, 2.75) is 20.5 Å². The Kier molecular flexibility index (Phi) is 4.90. The Bertz CT molecular complexity index is 1250. The van der Waals surface area contributed by atoms with Crippen LogP contribution in [0.2, 0.25) is 0 Å². The molecule has 0 spiro atoms. The topological polar surface area (TPSA) is 86.3 Å². The molecule has 0 bridgehead atoms. The fraction of sp³-hybridized carbons (Fsp3) is 0.200. The van der Waals surface area contributed by atoms with E-state index in [-0.39, 0.29) is 11.4 Å². The first-order valence-corrected chi connectivity index (χ1v) is 9.04. The van der Waals surface area contributed by atoms with Crippen molar-refractivity contribution < 1.29 is 18.3 Å². The van der Waals surface area contributed by atoms with E-state index in [0.717, 1.165) is 17.0 Å². The highest BCUT2D eigenvalue weighted by Crippen LogP contribution is 2.25. The van der Waals surface area contributed by atoms with Gasteiger partial charge in [0.25, 0.3) is 5.91 Å². The molecule has 3 aromatic heterocycles. The SMILES string of the molecule is Cc1cc(OC(F)F)ccc1NC(=O)c1cc2nccc(-c3cnn(C)c3C)n2n1. The Labute approximate surface area is 170 Å². The number of hydrogen-bond acceptors (Lipinski definition) is 5. The molecule has 8 nitrogen and oxygen atoms in total. The van der Waals surface area contributed by atoms with E-state index in [2.05, 4.69) is 25.2 Å². The zero-order chi connectivity index (χ0) is 21.4. The number of aryl methyl sites for hydroxylation is 2. The minimum absolute atomic E-state index is 0.0221. The average molecular weight is 412 g/mol. The van der Waals surface area contributed by atoms with Crippen LogP contribution in [0.4, 0.5) is 14.5 Å². The fourth-order valence-electron chi connectivity index (χ4n) is 3.10. The lowest BCUT2D eigenvalue weighted by atomic mass is 10.2. The molecule has 0 unspecified atom stereocenters. The number of halogens is 2. The molecule has 0 atom stereocenters. The van der Waals surface area contributed by atoms with Crippen LogP contribution in [-0.4, -0.2) is 36.9 Å². The number of alkyl halides is 2. The molecule has 1 aromatic carbocycles. The fourth-order valence-corrected chi connectivity index (χ4v) is 3.10. The summed E-state index contributed by atoms with van der Waals surface area (Å²) in [5, 5.41) is 11.4. The third-order valence-corrected chi connectivity index (χ3v) is 4.77. The lowest BCUT2D eigenvalue weighted by molar-refractivity contribution is -0.0498. The van der Waals surface area contributed by atoms with Gasteiger partial charge >= 0.3 is 6.61 Å². The minimum Gasteiger partial charge on any atom is -0.435 e. The van der Waals surface area contributed by atoms with E-state index in [4.69, 9.17) is 0 Å². The first kappa shape index (κ1) is 19.5. The van der Waals surface area contributed by atoms with Gasteiger partial charge in [0, 0.05) is 36.3 Å². The Morgan fingerprint density at radius 1 is 1.20 bits per heavy atom. The van der Waals surface area contributed by atoms with Gasteiger partial charge in [0.15, 0.2) is 11.3 Å². The molecular formula is C20H18F2N6O2. The summed E-state index contributed by atoms with van der Waals surface area (Å²) in [6.45, 7) is 0.714. The van der Waals surface area contributed by atoms with Crippen LogP contribution in [0.15, 0.2) is 42.7 Å². The van der Waals surface area contributed by atoms with Gasteiger partial charge in [-0.2, -0.15) is 19.0 Å². The Morgan fingerprint density at radius 3 is 2.67 bits per heavy atom. The van der Waals surface area contributed by atoms with Crippen LogP contribution in [0.3, 0.4) is 0 Å². The number of anilines is 1. The molecule has 0 aliphatic rings. The third-order valence-electron chi connectivity index (χ3n) is 4.77. The van der Waals surface area contributed by atoms with Crippen molar-refractivity contribution >= 4 is 17.2 Å². The van der Waals surface area contributed by atoms with Gasteiger partial charge in [-0.05, 0) is 43.7 Å². The van der Waals surface area contributed by atoms with E-state index < -0.39 is 12.5 Å². The monoisotopic (exact) mass is 412 g/mol. The predicted octanol–water partition coefficient (Wildman–Crippen LogP) is 3.60. The van der Waals surface area contributed by atoms with E-state index in [1.807, 2.05) is 14.0 Å². The summed E-state index contributed by atoms with van der Waals surface area (Å²) in [6, 6.07) is 7.68. The normalized spacial score (nSPS) is 11.3. The third kappa shape index (κ3) is 3.59. The summed E-state index contributed by atoms with van der Waals surface area (Å²) in [6.07, 6.45) is 3.38. The number of nitrogens with zero attached hydrogens (tertiary/aromatic N) is 5. The van der Waals surface area contributed by atoms with Gasteiger partial charge in [-0.15, -0.1) is 0 Å². The summed E-state index contributed by atoms with van der Waals surface area (Å²) in [5.41, 5.74) is 4.32. The molecule has 0 radical (unpaired) electrons. The first-order valence-electron chi connectivity index (χ1n) is 9.04. The van der Waals surface area contributed by atoms with Crippen LogP contribution < -0.4 is 10.1 Å². The van der Waals surface area contributed by atoms with Gasteiger partial charge in [-0.25, -0.2) is 9.50 Å². The molecule has 1 N–H and O–H groups in total. The highest BCUT2D eigenvalue weighted by molar-refractivity contribution is 6.04. The van der Waals surface area contributed by atoms with E-state index in [0.29, 0.717) is 16.9 Å². The van der Waals surface area contributed by atoms with Crippen molar-refractivity contribution in [3.8, 4) is 17.0 Å². The number of ether oxygens (including phenoxy) is 1. The molecule has 154 valence electrons. The van der Waals surface area contributed by atoms with E-state index in [1.165, 1.54) is 18.2 Å². The van der Waals surface area contributed by atoms with Crippen LogP contribution >= 0.6 is 0 Å². The van der Waals surface area contributed by atoms with Crippen LogP contribution in [0, 0.1) is 13.8 Å². The quantitative estimate of drug-likeness (QED) is 0.541. The van der Waals surface area contributed by atoms with Gasteiger partial charge in [-0.1, -0.05) is 0 Å². The van der Waals surface area contributed by atoms with Gasteiger partial charge in [0.1, 0.15) is 5.75 Å². The zero-order valence-electron chi connectivity index (χ0n) is 16.4. The summed E-state index contributed by atoms with van der Waals surface area (Å²) >= 11 is 0. The molecule has 0 aliphatic heterocycles. The van der Waals surface area contributed by atoms with E-state index in [9.17, 15) is 13.6 Å². The predicted molar refractivity (Wildman–Crippen MR) is 106 cm³/mol. The lowest BCUT2D eigenvalue weighted by Crippen LogP contribution is -2.14. The number of aromatic nitrogens is 5. The van der Waals surface area contributed by atoms with Crippen molar-refractivity contribution in [3.05, 3.63) is 59.7 Å². The molecule has 0 saturated heterocycles. The van der Waals surface area contributed by atoms with E-state index >= 15 is 0 Å². The van der Waals surface area contributed by atoms with Crippen LogP contribution in [0.5, 0.6) is 5.75 Å². The molecular weight excluding hydrogens is 394 g/mol. The number of fused-ring (bicyclic) bond motifs is 1. The number of carbonyl (C=O) groups excluding carboxylic acids is 1. The number of amides is 1. The largest absolute Gasteiger partial charge is 0.435 e. The van der Waals surface area contributed by atoms with Crippen molar-refractivity contribution in [2.24, 2.45) is 7.05 Å². The Hall–Kier alpha value is -3.82. The van der Waals surface area contributed by atoms with Crippen molar-refractivity contribution in [1.82, 2.24) is 24.4 Å². The van der Waals surface area contributed by atoms with E-state index in [1.54, 1.807) is 40.6 Å². The van der Waals surface area contributed by atoms with Gasteiger partial charge in [-0.3, -0.25) is 9.48 Å². The highest BCUT2D eigenvalue weighted by atomic mass is 19.3. The number of nitrogens with one attached hydrogen (secondary N) is 1. The second kappa shape index (κ2) is 7.54. The van der Waals surface area contributed by atoms with Crippen molar-refractivity contribution in [1.29, 1.82) is 0 Å². The maximum absolute atomic E-state index is 12.7. The van der Waals surface area contributed by atoms with Gasteiger partial charge in [0.2, 0.25) is 0 Å². The van der Waals surface area contributed by atoms with Crippen LogP contribution in [0.1, 0.15) is 21.7 Å².